The van der Waals surface area contributed by atoms with Crippen molar-refractivity contribution in [1.29, 1.82) is 0 Å². The molecule has 8 aromatic carbocycles. The van der Waals surface area contributed by atoms with Crippen molar-refractivity contribution in [3.8, 4) is 11.1 Å². The van der Waals surface area contributed by atoms with Crippen molar-refractivity contribution in [2.45, 2.75) is 0 Å². The van der Waals surface area contributed by atoms with E-state index < -0.39 is 8.07 Å². The van der Waals surface area contributed by atoms with E-state index in [2.05, 4.69) is 187 Å². The van der Waals surface area contributed by atoms with Crippen LogP contribution >= 0.6 is 0 Å². The summed E-state index contributed by atoms with van der Waals surface area (Å²) in [6.45, 7) is 0. The maximum Gasteiger partial charge on any atom is 0.179 e. The molecule has 0 bridgehead atoms. The molecule has 0 saturated heterocycles. The fraction of sp³-hybridized carbons (Fsp3) is 0. The highest BCUT2D eigenvalue weighted by atomic mass is 28.3. The van der Waals surface area contributed by atoms with Gasteiger partial charge in [-0.25, -0.2) is 4.39 Å². The number of halogens is 1. The van der Waals surface area contributed by atoms with E-state index in [9.17, 15) is 4.39 Å². The SMILES string of the molecule is Fc1ccc(N(c2ccc(-c3ccc([Si](c4ccccc4)(c4ccccc4)c4ccccc4)cc3)cc2)c2ccc3ccccc3c2)cc1. The molecule has 0 aromatic heterocycles. The lowest BCUT2D eigenvalue weighted by Gasteiger charge is -2.34. The highest BCUT2D eigenvalue weighted by Crippen LogP contribution is 2.37. The van der Waals surface area contributed by atoms with E-state index in [4.69, 9.17) is 0 Å². The van der Waals surface area contributed by atoms with Crippen LogP contribution in [0.3, 0.4) is 0 Å². The van der Waals surface area contributed by atoms with Crippen LogP contribution in [0.15, 0.2) is 206 Å². The van der Waals surface area contributed by atoms with Crippen LogP contribution in [-0.2, 0) is 0 Å². The highest BCUT2D eigenvalue weighted by molar-refractivity contribution is 7.19. The predicted octanol–water partition coefficient (Wildman–Crippen LogP) is 9.49. The quantitative estimate of drug-likeness (QED) is 0.117. The third-order valence-corrected chi connectivity index (χ3v) is 14.3. The molecule has 234 valence electrons. The van der Waals surface area contributed by atoms with Crippen molar-refractivity contribution >= 4 is 56.7 Å². The van der Waals surface area contributed by atoms with E-state index in [1.807, 2.05) is 12.1 Å². The van der Waals surface area contributed by atoms with Crippen molar-refractivity contribution < 1.29 is 4.39 Å². The Bertz CT molecular complexity index is 2210. The van der Waals surface area contributed by atoms with E-state index in [0.717, 1.165) is 33.6 Å². The van der Waals surface area contributed by atoms with Gasteiger partial charge < -0.3 is 4.90 Å². The molecule has 49 heavy (non-hydrogen) atoms. The summed E-state index contributed by atoms with van der Waals surface area (Å²) in [6.07, 6.45) is 0. The molecule has 0 heterocycles. The van der Waals surface area contributed by atoms with Gasteiger partial charge in [0.2, 0.25) is 0 Å². The maximum absolute atomic E-state index is 14.0. The summed E-state index contributed by atoms with van der Waals surface area (Å²) in [7, 11) is -2.58. The molecular weight excluding hydrogens is 614 g/mol. The van der Waals surface area contributed by atoms with E-state index >= 15 is 0 Å². The molecule has 8 aromatic rings. The van der Waals surface area contributed by atoms with Crippen LogP contribution in [0.4, 0.5) is 21.5 Å². The largest absolute Gasteiger partial charge is 0.310 e. The average Bonchev–Trinajstić information content (AvgIpc) is 3.18. The Hall–Kier alpha value is -6.03. The summed E-state index contributed by atoms with van der Waals surface area (Å²) in [4.78, 5) is 2.18. The van der Waals surface area contributed by atoms with Gasteiger partial charge in [-0.2, -0.15) is 0 Å². The van der Waals surface area contributed by atoms with Crippen LogP contribution in [0, 0.1) is 5.82 Å². The van der Waals surface area contributed by atoms with Crippen LogP contribution in [0.25, 0.3) is 21.9 Å². The molecule has 0 aliphatic heterocycles. The first-order chi connectivity index (χ1) is 24.2. The Morgan fingerprint density at radius 2 is 0.714 bits per heavy atom. The van der Waals surface area contributed by atoms with Gasteiger partial charge in [0.1, 0.15) is 5.82 Å². The zero-order valence-corrected chi connectivity index (χ0v) is 28.0. The molecule has 0 N–H and O–H groups in total. The Morgan fingerprint density at radius 1 is 0.327 bits per heavy atom. The number of benzene rings is 8. The van der Waals surface area contributed by atoms with Gasteiger partial charge in [0.25, 0.3) is 0 Å². The Labute approximate surface area is 288 Å². The van der Waals surface area contributed by atoms with Crippen LogP contribution in [0.2, 0.25) is 0 Å². The summed E-state index contributed by atoms with van der Waals surface area (Å²) in [5.41, 5.74) is 5.22. The van der Waals surface area contributed by atoms with Gasteiger partial charge in [-0.1, -0.05) is 158 Å². The van der Waals surface area contributed by atoms with Gasteiger partial charge in [-0.3, -0.25) is 0 Å². The first-order valence-electron chi connectivity index (χ1n) is 16.6. The minimum atomic E-state index is -2.58. The molecule has 0 aliphatic carbocycles. The molecule has 0 atom stereocenters. The first-order valence-corrected chi connectivity index (χ1v) is 18.6. The normalized spacial score (nSPS) is 11.4. The lowest BCUT2D eigenvalue weighted by molar-refractivity contribution is 0.628. The Morgan fingerprint density at radius 3 is 1.22 bits per heavy atom. The fourth-order valence-corrected chi connectivity index (χ4v) is 11.9. The number of fused-ring (bicyclic) bond motifs is 1. The monoisotopic (exact) mass is 647 g/mol. The number of hydrogen-bond donors (Lipinski definition) is 0. The second kappa shape index (κ2) is 13.2. The minimum Gasteiger partial charge on any atom is -0.310 e. The van der Waals surface area contributed by atoms with Crippen LogP contribution in [-0.4, -0.2) is 8.07 Å². The summed E-state index contributed by atoms with van der Waals surface area (Å²) in [6, 6.07) is 72.4. The first kappa shape index (κ1) is 30.3. The van der Waals surface area contributed by atoms with Crippen molar-refractivity contribution in [2.24, 2.45) is 0 Å². The number of hydrogen-bond acceptors (Lipinski definition) is 1. The third kappa shape index (κ3) is 5.75. The number of nitrogens with zero attached hydrogens (tertiary/aromatic N) is 1. The Balaban J connectivity index is 1.19. The molecule has 0 saturated carbocycles. The predicted molar refractivity (Wildman–Crippen MR) is 208 cm³/mol. The zero-order chi connectivity index (χ0) is 33.0. The smallest absolute Gasteiger partial charge is 0.179 e. The standard InChI is InChI=1S/C46H34FNSi/c47-39-25-30-41(31-26-39)48(42-29-22-35-12-10-11-13-38(35)34-42)40-27-20-36(21-28-40)37-23-32-46(33-24-37)49(43-14-4-1-5-15-43,44-16-6-2-7-17-44)45-18-8-3-9-19-45/h1-34H. The second-order valence-corrected chi connectivity index (χ2v) is 16.1. The molecule has 8 rings (SSSR count). The summed E-state index contributed by atoms with van der Waals surface area (Å²) in [5, 5.41) is 7.76. The van der Waals surface area contributed by atoms with Crippen LogP contribution < -0.4 is 25.6 Å². The molecule has 0 radical (unpaired) electrons. The average molecular weight is 648 g/mol. The Kier molecular flexibility index (Phi) is 8.18. The molecule has 0 amide bonds. The lowest BCUT2D eigenvalue weighted by Crippen LogP contribution is -2.74. The van der Waals surface area contributed by atoms with Crippen molar-refractivity contribution in [2.75, 3.05) is 4.90 Å². The van der Waals surface area contributed by atoms with Crippen LogP contribution in [0.1, 0.15) is 0 Å². The van der Waals surface area contributed by atoms with E-state index in [1.165, 1.54) is 38.3 Å². The zero-order valence-electron chi connectivity index (χ0n) is 27.0. The molecule has 0 spiro atoms. The molecule has 3 heteroatoms. The second-order valence-electron chi connectivity index (χ2n) is 12.3. The fourth-order valence-electron chi connectivity index (χ4n) is 7.13. The van der Waals surface area contributed by atoms with E-state index in [0.29, 0.717) is 0 Å². The topological polar surface area (TPSA) is 3.24 Å². The summed E-state index contributed by atoms with van der Waals surface area (Å²) in [5.74, 6) is -0.250. The van der Waals surface area contributed by atoms with Crippen molar-refractivity contribution in [3.63, 3.8) is 0 Å². The molecule has 1 nitrogen and oxygen atoms in total. The van der Waals surface area contributed by atoms with Crippen LogP contribution in [0.5, 0.6) is 0 Å². The number of anilines is 3. The minimum absolute atomic E-state index is 0.250. The van der Waals surface area contributed by atoms with E-state index in [-0.39, 0.29) is 5.82 Å². The maximum atomic E-state index is 14.0. The van der Waals surface area contributed by atoms with Gasteiger partial charge in [0.05, 0.1) is 0 Å². The summed E-state index contributed by atoms with van der Waals surface area (Å²) < 4.78 is 14.0. The molecule has 0 fully saturated rings. The lowest BCUT2D eigenvalue weighted by atomic mass is 10.0. The van der Waals surface area contributed by atoms with Crippen molar-refractivity contribution in [3.05, 3.63) is 212 Å². The van der Waals surface area contributed by atoms with Gasteiger partial charge in [-0.05, 0) is 91.2 Å². The summed E-state index contributed by atoms with van der Waals surface area (Å²) >= 11 is 0. The highest BCUT2D eigenvalue weighted by Gasteiger charge is 2.41. The number of rotatable bonds is 8. The third-order valence-electron chi connectivity index (χ3n) is 9.47. The van der Waals surface area contributed by atoms with E-state index in [1.54, 1.807) is 0 Å². The van der Waals surface area contributed by atoms with Gasteiger partial charge in [0, 0.05) is 17.1 Å². The van der Waals surface area contributed by atoms with Gasteiger partial charge in [0.15, 0.2) is 8.07 Å². The van der Waals surface area contributed by atoms with Gasteiger partial charge >= 0.3 is 0 Å². The van der Waals surface area contributed by atoms with Crippen molar-refractivity contribution in [1.82, 2.24) is 0 Å². The molecule has 0 unspecified atom stereocenters. The van der Waals surface area contributed by atoms with Gasteiger partial charge in [-0.15, -0.1) is 0 Å². The molecular formula is C46H34FNSi. The molecule has 0 aliphatic rings.